The van der Waals surface area contributed by atoms with E-state index >= 15 is 0 Å². The topological polar surface area (TPSA) is 32.3 Å². The maximum absolute atomic E-state index is 12.8. The van der Waals surface area contributed by atoms with Crippen LogP contribution in [0.3, 0.4) is 0 Å². The van der Waals surface area contributed by atoms with Gasteiger partial charge in [0.25, 0.3) is 0 Å². The van der Waals surface area contributed by atoms with Gasteiger partial charge in [-0.1, -0.05) is 30.3 Å². The van der Waals surface area contributed by atoms with Gasteiger partial charge in [-0.25, -0.2) is 9.97 Å². The van der Waals surface area contributed by atoms with E-state index in [0.717, 1.165) is 61.7 Å². The minimum absolute atomic E-state index is 0.261. The van der Waals surface area contributed by atoms with E-state index in [1.54, 1.807) is 6.07 Å². The number of hydrogen-bond donors (Lipinski definition) is 0. The Labute approximate surface area is 171 Å². The molecule has 4 nitrogen and oxygen atoms in total. The van der Waals surface area contributed by atoms with Gasteiger partial charge < -0.3 is 4.90 Å². The Morgan fingerprint density at radius 1 is 1.07 bits per heavy atom. The van der Waals surface area contributed by atoms with Gasteiger partial charge in [-0.2, -0.15) is 13.2 Å². The first-order valence-corrected chi connectivity index (χ1v) is 10.5. The van der Waals surface area contributed by atoms with Crippen molar-refractivity contribution >= 4 is 27.4 Å². The van der Waals surface area contributed by atoms with Crippen molar-refractivity contribution < 1.29 is 13.2 Å². The van der Waals surface area contributed by atoms with E-state index in [9.17, 15) is 13.2 Å². The van der Waals surface area contributed by atoms with E-state index in [1.165, 1.54) is 11.9 Å². The minimum atomic E-state index is -4.21. The molecular formula is C21H21F3N4S. The van der Waals surface area contributed by atoms with Gasteiger partial charge in [-0.3, -0.25) is 4.90 Å². The number of halogens is 3. The van der Waals surface area contributed by atoms with Crippen LogP contribution in [-0.2, 0) is 13.0 Å². The fourth-order valence-electron chi connectivity index (χ4n) is 4.61. The van der Waals surface area contributed by atoms with Gasteiger partial charge in [0.1, 0.15) is 17.0 Å². The molecule has 29 heavy (non-hydrogen) atoms. The molecule has 1 aromatic carbocycles. The molecule has 0 bridgehead atoms. The Hall–Kier alpha value is -2.19. The second-order valence-corrected chi connectivity index (χ2v) is 9.34. The molecule has 5 rings (SSSR count). The first kappa shape index (κ1) is 18.8. The quantitative estimate of drug-likeness (QED) is 0.624. The molecule has 0 aliphatic carbocycles. The molecule has 0 unspecified atom stereocenters. The Kier molecular flexibility index (Phi) is 4.51. The molecule has 152 valence electrons. The summed E-state index contributed by atoms with van der Waals surface area (Å²) in [6, 6.07) is 12.1. The summed E-state index contributed by atoms with van der Waals surface area (Å²) in [6.07, 6.45) is -2.51. The summed E-state index contributed by atoms with van der Waals surface area (Å²) in [6.45, 7) is 4.89. The number of likely N-dealkylation sites (tertiary alicyclic amines) is 1. The summed E-state index contributed by atoms with van der Waals surface area (Å²) < 4.78 is 38.3. The van der Waals surface area contributed by atoms with Crippen molar-refractivity contribution in [2.75, 3.05) is 31.1 Å². The van der Waals surface area contributed by atoms with Crippen molar-refractivity contribution in [1.29, 1.82) is 0 Å². The smallest absolute Gasteiger partial charge is 0.355 e. The van der Waals surface area contributed by atoms with Crippen molar-refractivity contribution in [3.8, 4) is 0 Å². The summed E-state index contributed by atoms with van der Waals surface area (Å²) in [4.78, 5) is 14.2. The number of thiophene rings is 1. The molecule has 2 fully saturated rings. The zero-order valence-electron chi connectivity index (χ0n) is 15.8. The summed E-state index contributed by atoms with van der Waals surface area (Å²) >= 11 is 1.11. The number of alkyl halides is 3. The van der Waals surface area contributed by atoms with E-state index in [4.69, 9.17) is 0 Å². The van der Waals surface area contributed by atoms with E-state index in [-0.39, 0.29) is 5.41 Å². The molecule has 8 heteroatoms. The largest absolute Gasteiger partial charge is 0.393 e. The van der Waals surface area contributed by atoms with Gasteiger partial charge in [-0.05, 0) is 24.6 Å². The standard InChI is InChI=1S/C21H21F3N4S/c22-21(23,24)9-16-8-17-18(25-14-26-19(17)29-16)28-12-20(13-28)6-7-27(11-20)10-15-4-2-1-3-5-15/h1-5,8,14H,6-7,9-13H2. The molecule has 2 aromatic heterocycles. The van der Waals surface area contributed by atoms with Crippen molar-refractivity contribution in [3.05, 3.63) is 53.2 Å². The molecule has 1 spiro atoms. The van der Waals surface area contributed by atoms with Crippen LogP contribution in [0.15, 0.2) is 42.7 Å². The summed E-state index contributed by atoms with van der Waals surface area (Å²) in [5, 5.41) is 0.741. The maximum atomic E-state index is 12.8. The number of hydrogen-bond acceptors (Lipinski definition) is 5. The first-order valence-electron chi connectivity index (χ1n) is 9.71. The number of benzene rings is 1. The van der Waals surface area contributed by atoms with Crippen LogP contribution in [0.1, 0.15) is 16.9 Å². The molecule has 0 atom stereocenters. The summed E-state index contributed by atoms with van der Waals surface area (Å²) in [5.74, 6) is 0.770. The molecule has 0 N–H and O–H groups in total. The monoisotopic (exact) mass is 418 g/mol. The third-order valence-corrected chi connectivity index (χ3v) is 6.90. The highest BCUT2D eigenvalue weighted by Gasteiger charge is 2.48. The van der Waals surface area contributed by atoms with Crippen LogP contribution in [0.5, 0.6) is 0 Å². The van der Waals surface area contributed by atoms with Gasteiger partial charge in [0.15, 0.2) is 0 Å². The predicted molar refractivity (Wildman–Crippen MR) is 108 cm³/mol. The lowest BCUT2D eigenvalue weighted by molar-refractivity contribution is -0.126. The first-order chi connectivity index (χ1) is 13.9. The number of rotatable bonds is 4. The van der Waals surface area contributed by atoms with Crippen molar-refractivity contribution in [2.45, 2.75) is 25.6 Å². The van der Waals surface area contributed by atoms with Crippen molar-refractivity contribution in [2.24, 2.45) is 5.41 Å². The SMILES string of the molecule is FC(F)(F)Cc1cc2c(N3CC4(CCN(Cc5ccccc5)C4)C3)ncnc2s1. The molecule has 4 heterocycles. The summed E-state index contributed by atoms with van der Waals surface area (Å²) in [5.41, 5.74) is 1.59. The Balaban J connectivity index is 1.28. The molecule has 2 aliphatic heterocycles. The highest BCUT2D eigenvalue weighted by molar-refractivity contribution is 7.18. The lowest BCUT2D eigenvalue weighted by Gasteiger charge is -2.49. The zero-order chi connectivity index (χ0) is 20.1. The van der Waals surface area contributed by atoms with Crippen LogP contribution < -0.4 is 4.90 Å². The fourth-order valence-corrected chi connectivity index (χ4v) is 5.63. The molecule has 3 aromatic rings. The maximum Gasteiger partial charge on any atom is 0.393 e. The van der Waals surface area contributed by atoms with Gasteiger partial charge in [0.05, 0.1) is 11.8 Å². The van der Waals surface area contributed by atoms with Gasteiger partial charge in [0.2, 0.25) is 0 Å². The molecule has 0 amide bonds. The lowest BCUT2D eigenvalue weighted by Crippen LogP contribution is -2.58. The van der Waals surface area contributed by atoms with Crippen LogP contribution in [0.25, 0.3) is 10.2 Å². The number of aromatic nitrogens is 2. The third kappa shape index (κ3) is 3.83. The van der Waals surface area contributed by atoms with Gasteiger partial charge in [0, 0.05) is 36.5 Å². The van der Waals surface area contributed by atoms with Crippen LogP contribution in [0.2, 0.25) is 0 Å². The van der Waals surface area contributed by atoms with E-state index < -0.39 is 12.6 Å². The zero-order valence-corrected chi connectivity index (χ0v) is 16.6. The summed E-state index contributed by atoms with van der Waals surface area (Å²) in [7, 11) is 0. The average molecular weight is 418 g/mol. The van der Waals surface area contributed by atoms with Crippen molar-refractivity contribution in [3.63, 3.8) is 0 Å². The molecule has 0 radical (unpaired) electrons. The molecule has 2 aliphatic rings. The second kappa shape index (κ2) is 6.95. The highest BCUT2D eigenvalue weighted by atomic mass is 32.1. The molecule has 2 saturated heterocycles. The minimum Gasteiger partial charge on any atom is -0.355 e. The fraction of sp³-hybridized carbons (Fsp3) is 0.429. The Morgan fingerprint density at radius 3 is 2.62 bits per heavy atom. The lowest BCUT2D eigenvalue weighted by atomic mass is 9.79. The number of nitrogens with zero attached hydrogens (tertiary/aromatic N) is 4. The van der Waals surface area contributed by atoms with Gasteiger partial charge >= 0.3 is 6.18 Å². The Morgan fingerprint density at radius 2 is 1.86 bits per heavy atom. The van der Waals surface area contributed by atoms with Crippen molar-refractivity contribution in [1.82, 2.24) is 14.9 Å². The van der Waals surface area contributed by atoms with E-state index in [2.05, 4.69) is 44.0 Å². The van der Waals surface area contributed by atoms with Crippen LogP contribution >= 0.6 is 11.3 Å². The Bertz CT molecular complexity index is 1010. The normalized spacial score (nSPS) is 19.2. The second-order valence-electron chi connectivity index (χ2n) is 8.22. The van der Waals surface area contributed by atoms with Gasteiger partial charge in [-0.15, -0.1) is 11.3 Å². The molecular weight excluding hydrogens is 397 g/mol. The van der Waals surface area contributed by atoms with Crippen LogP contribution in [-0.4, -0.2) is 47.2 Å². The predicted octanol–water partition coefficient (Wildman–Crippen LogP) is 4.51. The van der Waals surface area contributed by atoms with E-state index in [1.807, 2.05) is 6.07 Å². The average Bonchev–Trinajstić information content (AvgIpc) is 3.23. The van der Waals surface area contributed by atoms with E-state index in [0.29, 0.717) is 9.71 Å². The van der Waals surface area contributed by atoms with Crippen LogP contribution in [0, 0.1) is 5.41 Å². The third-order valence-electron chi connectivity index (χ3n) is 5.85. The highest BCUT2D eigenvalue weighted by Crippen LogP contribution is 2.44. The number of fused-ring (bicyclic) bond motifs is 1. The molecule has 0 saturated carbocycles. The number of anilines is 1. The van der Waals surface area contributed by atoms with Crippen LogP contribution in [0.4, 0.5) is 19.0 Å².